The minimum Gasteiger partial charge on any atom is -0.369 e. The van der Waals surface area contributed by atoms with Crippen LogP contribution in [0.5, 0.6) is 0 Å². The second kappa shape index (κ2) is 4.60. The second-order valence-corrected chi connectivity index (χ2v) is 6.61. The molecule has 100 valence electrons. The zero-order chi connectivity index (χ0) is 13.6. The molecule has 3 nitrogen and oxygen atoms in total. The van der Waals surface area contributed by atoms with Crippen LogP contribution in [0.1, 0.15) is 35.5 Å². The summed E-state index contributed by atoms with van der Waals surface area (Å²) in [4.78, 5) is 11.7. The van der Waals surface area contributed by atoms with Crippen molar-refractivity contribution in [2.24, 2.45) is 10.9 Å². The van der Waals surface area contributed by atoms with E-state index in [0.717, 1.165) is 29.4 Å². The first-order chi connectivity index (χ1) is 9.06. The maximum atomic E-state index is 4.67. The molecule has 0 spiro atoms. The smallest absolute Gasteiger partial charge is 0.139 e. The first kappa shape index (κ1) is 12.6. The monoisotopic (exact) mass is 273 g/mol. The Morgan fingerprint density at radius 2 is 2.16 bits per heavy atom. The normalized spacial score (nSPS) is 14.1. The Labute approximate surface area is 117 Å². The summed E-state index contributed by atoms with van der Waals surface area (Å²) in [5, 5.41) is 4.78. The third-order valence-corrected chi connectivity index (χ3v) is 4.51. The van der Waals surface area contributed by atoms with Gasteiger partial charge in [0.1, 0.15) is 10.7 Å². The van der Waals surface area contributed by atoms with Gasteiger partial charge in [-0.05, 0) is 31.4 Å². The molecule has 0 radical (unpaired) electrons. The van der Waals surface area contributed by atoms with Crippen LogP contribution in [0.2, 0.25) is 0 Å². The highest BCUT2D eigenvalue weighted by molar-refractivity contribution is 7.20. The summed E-state index contributed by atoms with van der Waals surface area (Å²) >= 11 is 1.77. The molecule has 0 saturated heterocycles. The second-order valence-electron chi connectivity index (χ2n) is 5.61. The average Bonchev–Trinajstić information content (AvgIpc) is 2.84. The molecule has 2 aromatic heterocycles. The third-order valence-electron chi connectivity index (χ3n) is 3.37. The van der Waals surface area contributed by atoms with Gasteiger partial charge in [-0.25, -0.2) is 4.98 Å². The van der Waals surface area contributed by atoms with Crippen molar-refractivity contribution in [1.82, 2.24) is 10.3 Å². The molecule has 0 saturated carbocycles. The molecule has 0 aliphatic carbocycles. The number of hydrogen-bond donors (Lipinski definition) is 1. The molecule has 2 aromatic rings. The van der Waals surface area contributed by atoms with Crippen LogP contribution in [0.15, 0.2) is 11.1 Å². The zero-order valence-corrected chi connectivity index (χ0v) is 12.7. The maximum Gasteiger partial charge on any atom is 0.139 e. The zero-order valence-electron chi connectivity index (χ0n) is 11.9. The van der Waals surface area contributed by atoms with Crippen LogP contribution in [-0.2, 0) is 6.54 Å². The summed E-state index contributed by atoms with van der Waals surface area (Å²) in [6.07, 6.45) is 0. The fourth-order valence-electron chi connectivity index (χ4n) is 2.52. The van der Waals surface area contributed by atoms with Crippen molar-refractivity contribution < 1.29 is 0 Å². The first-order valence-corrected chi connectivity index (χ1v) is 7.56. The van der Waals surface area contributed by atoms with Crippen molar-refractivity contribution in [3.05, 3.63) is 27.8 Å². The number of pyridine rings is 1. The number of rotatable bonds is 2. The Morgan fingerprint density at radius 3 is 2.89 bits per heavy atom. The van der Waals surface area contributed by atoms with Gasteiger partial charge < -0.3 is 5.32 Å². The lowest BCUT2D eigenvalue weighted by Crippen LogP contribution is -2.26. The Hall–Kier alpha value is -1.42. The van der Waals surface area contributed by atoms with E-state index < -0.39 is 0 Å². The van der Waals surface area contributed by atoms with E-state index in [1.54, 1.807) is 11.3 Å². The van der Waals surface area contributed by atoms with Gasteiger partial charge in [0.15, 0.2) is 0 Å². The van der Waals surface area contributed by atoms with Crippen molar-refractivity contribution in [2.45, 2.75) is 34.2 Å². The summed E-state index contributed by atoms with van der Waals surface area (Å²) < 4.78 is 0. The van der Waals surface area contributed by atoms with Crippen molar-refractivity contribution in [3.8, 4) is 0 Å². The van der Waals surface area contributed by atoms with Gasteiger partial charge in [0.25, 0.3) is 0 Å². The van der Waals surface area contributed by atoms with Crippen LogP contribution in [0, 0.1) is 19.8 Å². The predicted octanol–water partition coefficient (Wildman–Crippen LogP) is 3.42. The molecule has 1 aliphatic heterocycles. The van der Waals surface area contributed by atoms with Crippen LogP contribution in [0.3, 0.4) is 0 Å². The molecule has 0 amide bonds. The number of fused-ring (bicyclic) bond motifs is 3. The Bertz CT molecular complexity index is 668. The van der Waals surface area contributed by atoms with Gasteiger partial charge in [-0.1, -0.05) is 13.8 Å². The van der Waals surface area contributed by atoms with E-state index in [2.05, 4.69) is 49.1 Å². The van der Waals surface area contributed by atoms with E-state index in [1.807, 2.05) is 0 Å². The molecule has 1 N–H and O–H groups in total. The third kappa shape index (κ3) is 2.14. The molecule has 0 bridgehead atoms. The Balaban J connectivity index is 2.03. The largest absolute Gasteiger partial charge is 0.369 e. The number of aliphatic imine (C=N–C) groups is 1. The van der Waals surface area contributed by atoms with Gasteiger partial charge in [-0.2, -0.15) is 0 Å². The topological polar surface area (TPSA) is 37.3 Å². The molecule has 3 rings (SSSR count). The number of amidine groups is 1. The lowest BCUT2D eigenvalue weighted by Gasteiger charge is -2.07. The summed E-state index contributed by atoms with van der Waals surface area (Å²) in [6.45, 7) is 10.4. The standard InChI is InChI=1S/C15H19N3S/c1-8(2)6-16-14-13-11(7-17-14)12-9(3)5-10(4)18-15(12)19-13/h5,8H,6-7H2,1-4H3,(H,16,17). The van der Waals surface area contributed by atoms with E-state index in [9.17, 15) is 0 Å². The van der Waals surface area contributed by atoms with E-state index in [0.29, 0.717) is 5.92 Å². The molecule has 0 atom stereocenters. The van der Waals surface area contributed by atoms with E-state index in [-0.39, 0.29) is 0 Å². The molecule has 4 heteroatoms. The highest BCUT2D eigenvalue weighted by Crippen LogP contribution is 2.36. The van der Waals surface area contributed by atoms with Crippen molar-refractivity contribution in [1.29, 1.82) is 0 Å². The molecule has 0 fully saturated rings. The highest BCUT2D eigenvalue weighted by atomic mass is 32.1. The van der Waals surface area contributed by atoms with Gasteiger partial charge in [0.2, 0.25) is 0 Å². The summed E-state index contributed by atoms with van der Waals surface area (Å²) in [5.41, 5.74) is 3.77. The molecular weight excluding hydrogens is 254 g/mol. The Kier molecular flexibility index (Phi) is 3.05. The Morgan fingerprint density at radius 1 is 1.37 bits per heavy atom. The average molecular weight is 273 g/mol. The van der Waals surface area contributed by atoms with Crippen LogP contribution in [-0.4, -0.2) is 17.4 Å². The lowest BCUT2D eigenvalue weighted by atomic mass is 10.1. The highest BCUT2D eigenvalue weighted by Gasteiger charge is 2.23. The van der Waals surface area contributed by atoms with Crippen molar-refractivity contribution in [3.63, 3.8) is 0 Å². The van der Waals surface area contributed by atoms with Crippen molar-refractivity contribution >= 4 is 27.4 Å². The van der Waals surface area contributed by atoms with Gasteiger partial charge in [0, 0.05) is 23.2 Å². The minimum absolute atomic E-state index is 0.628. The van der Waals surface area contributed by atoms with Crippen LogP contribution in [0.4, 0.5) is 0 Å². The van der Waals surface area contributed by atoms with Crippen molar-refractivity contribution in [2.75, 3.05) is 6.54 Å². The number of aryl methyl sites for hydroxylation is 2. The quantitative estimate of drug-likeness (QED) is 0.910. The van der Waals surface area contributed by atoms with Gasteiger partial charge in [-0.15, -0.1) is 11.3 Å². The van der Waals surface area contributed by atoms with Gasteiger partial charge in [-0.3, -0.25) is 4.99 Å². The van der Waals surface area contributed by atoms with E-state index >= 15 is 0 Å². The summed E-state index contributed by atoms with van der Waals surface area (Å²) in [7, 11) is 0. The minimum atomic E-state index is 0.628. The van der Waals surface area contributed by atoms with Crippen LogP contribution < -0.4 is 5.32 Å². The molecule has 1 aliphatic rings. The molecular formula is C15H19N3S. The predicted molar refractivity (Wildman–Crippen MR) is 82.2 cm³/mol. The van der Waals surface area contributed by atoms with Gasteiger partial charge in [0.05, 0.1) is 11.4 Å². The molecule has 0 aromatic carbocycles. The SMILES string of the molecule is Cc1cc(C)c2c3c(sc2n1)C(NCC(C)C)=NC3. The number of nitrogens with one attached hydrogen (secondary N) is 1. The lowest BCUT2D eigenvalue weighted by molar-refractivity contribution is 0.625. The van der Waals surface area contributed by atoms with Gasteiger partial charge >= 0.3 is 0 Å². The molecule has 3 heterocycles. The van der Waals surface area contributed by atoms with Crippen LogP contribution in [0.25, 0.3) is 10.2 Å². The number of aromatic nitrogens is 1. The summed E-state index contributed by atoms with van der Waals surface area (Å²) in [6, 6.07) is 2.16. The number of hydrogen-bond acceptors (Lipinski definition) is 4. The van der Waals surface area contributed by atoms with Crippen LogP contribution >= 0.6 is 11.3 Å². The van der Waals surface area contributed by atoms with E-state index in [4.69, 9.17) is 0 Å². The number of nitrogens with zero attached hydrogens (tertiary/aromatic N) is 2. The first-order valence-electron chi connectivity index (χ1n) is 6.74. The summed E-state index contributed by atoms with van der Waals surface area (Å²) in [5.74, 6) is 1.69. The molecule has 0 unspecified atom stereocenters. The number of thiophene rings is 1. The fraction of sp³-hybridized carbons (Fsp3) is 0.467. The maximum absolute atomic E-state index is 4.67. The fourth-order valence-corrected chi connectivity index (χ4v) is 3.82. The van der Waals surface area contributed by atoms with E-state index in [1.165, 1.54) is 21.4 Å². The molecule has 19 heavy (non-hydrogen) atoms.